The number of ether oxygens (including phenoxy) is 2. The summed E-state index contributed by atoms with van der Waals surface area (Å²) in [6.45, 7) is 1.77. The van der Waals surface area contributed by atoms with E-state index in [1.807, 2.05) is 0 Å². The van der Waals surface area contributed by atoms with Crippen molar-refractivity contribution < 1.29 is 13.9 Å². The summed E-state index contributed by atoms with van der Waals surface area (Å²) in [7, 11) is 3.33. The Kier molecular flexibility index (Phi) is 5.82. The zero-order valence-electron chi connectivity index (χ0n) is 12.8. The fourth-order valence-electron chi connectivity index (χ4n) is 2.95. The van der Waals surface area contributed by atoms with Crippen LogP contribution in [0.2, 0.25) is 0 Å². The Hall–Kier alpha value is -1.33. The lowest BCUT2D eigenvalue weighted by Gasteiger charge is -2.34. The summed E-state index contributed by atoms with van der Waals surface area (Å²) in [5.41, 5.74) is 6.72. The van der Waals surface area contributed by atoms with E-state index in [1.54, 1.807) is 26.4 Å². The second-order valence-electron chi connectivity index (χ2n) is 5.62. The van der Waals surface area contributed by atoms with Gasteiger partial charge in [0, 0.05) is 33.0 Å². The number of methoxy groups -OCH3 is 2. The zero-order valence-corrected chi connectivity index (χ0v) is 12.8. The third-order valence-corrected chi connectivity index (χ3v) is 4.26. The average Bonchev–Trinajstić information content (AvgIpc) is 2.49. The Morgan fingerprint density at radius 1 is 1.29 bits per heavy atom. The Morgan fingerprint density at radius 2 is 1.95 bits per heavy atom. The van der Waals surface area contributed by atoms with Crippen molar-refractivity contribution in [3.05, 3.63) is 24.0 Å². The minimum absolute atomic E-state index is 0.113. The van der Waals surface area contributed by atoms with Crippen LogP contribution in [0.4, 0.5) is 15.8 Å². The highest BCUT2D eigenvalue weighted by Gasteiger charge is 2.22. The van der Waals surface area contributed by atoms with Crippen LogP contribution in [0.25, 0.3) is 0 Å². The molecule has 0 bridgehead atoms. The Labute approximate surface area is 126 Å². The molecule has 0 amide bonds. The summed E-state index contributed by atoms with van der Waals surface area (Å²) in [6.07, 6.45) is 4.03. The molecule has 0 unspecified atom stereocenters. The van der Waals surface area contributed by atoms with E-state index in [0.29, 0.717) is 17.3 Å². The molecule has 1 saturated heterocycles. The molecule has 1 aromatic carbocycles. The van der Waals surface area contributed by atoms with Gasteiger partial charge in [-0.3, -0.25) is 0 Å². The molecule has 0 radical (unpaired) electrons. The second-order valence-corrected chi connectivity index (χ2v) is 5.62. The zero-order chi connectivity index (χ0) is 15.2. The first-order valence-corrected chi connectivity index (χ1v) is 7.49. The highest BCUT2D eigenvalue weighted by atomic mass is 19.1. The number of halogens is 1. The predicted octanol–water partition coefficient (Wildman–Crippen LogP) is 3.02. The number of hydrogen-bond donors (Lipinski definition) is 1. The first kappa shape index (κ1) is 16.0. The van der Waals surface area contributed by atoms with Crippen molar-refractivity contribution in [2.75, 3.05) is 37.9 Å². The van der Waals surface area contributed by atoms with Gasteiger partial charge in [0.25, 0.3) is 0 Å². The van der Waals surface area contributed by atoms with Gasteiger partial charge in [-0.05, 0) is 49.8 Å². The summed E-state index contributed by atoms with van der Waals surface area (Å²) < 4.78 is 24.4. The molecule has 1 aromatic rings. The first-order valence-electron chi connectivity index (χ1n) is 7.49. The summed E-state index contributed by atoms with van der Waals surface area (Å²) in [6, 6.07) is 4.92. The summed E-state index contributed by atoms with van der Waals surface area (Å²) >= 11 is 0. The van der Waals surface area contributed by atoms with Crippen molar-refractivity contribution in [2.45, 2.75) is 32.0 Å². The van der Waals surface area contributed by atoms with Gasteiger partial charge in [-0.2, -0.15) is 0 Å². The number of rotatable bonds is 6. The largest absolute Gasteiger partial charge is 0.399 e. The Morgan fingerprint density at radius 3 is 2.52 bits per heavy atom. The lowest BCUT2D eigenvalue weighted by atomic mass is 9.91. The second kappa shape index (κ2) is 7.61. The van der Waals surface area contributed by atoms with E-state index in [4.69, 9.17) is 15.2 Å². The van der Waals surface area contributed by atoms with Crippen LogP contribution in [-0.2, 0) is 9.47 Å². The first-order chi connectivity index (χ1) is 10.1. The molecule has 0 aromatic heterocycles. The smallest absolute Gasteiger partial charge is 0.156 e. The highest BCUT2D eigenvalue weighted by molar-refractivity contribution is 5.54. The molecule has 21 heavy (non-hydrogen) atoms. The topological polar surface area (TPSA) is 47.7 Å². The van der Waals surface area contributed by atoms with Gasteiger partial charge in [-0.1, -0.05) is 0 Å². The molecule has 2 N–H and O–H groups in total. The van der Waals surface area contributed by atoms with Crippen molar-refractivity contribution >= 4 is 11.4 Å². The molecule has 2 rings (SSSR count). The van der Waals surface area contributed by atoms with Gasteiger partial charge in [0.2, 0.25) is 0 Å². The number of hydrogen-bond acceptors (Lipinski definition) is 4. The maximum absolute atomic E-state index is 13.9. The van der Waals surface area contributed by atoms with Gasteiger partial charge in [0.1, 0.15) is 5.82 Å². The highest BCUT2D eigenvalue weighted by Crippen LogP contribution is 2.29. The van der Waals surface area contributed by atoms with Crippen LogP contribution in [0.1, 0.15) is 25.7 Å². The molecule has 0 aliphatic carbocycles. The number of piperidine rings is 1. The monoisotopic (exact) mass is 296 g/mol. The minimum atomic E-state index is -0.229. The van der Waals surface area contributed by atoms with Crippen LogP contribution in [0.15, 0.2) is 18.2 Å². The van der Waals surface area contributed by atoms with Gasteiger partial charge in [-0.25, -0.2) is 4.39 Å². The van der Waals surface area contributed by atoms with Crippen LogP contribution < -0.4 is 10.6 Å². The van der Waals surface area contributed by atoms with Gasteiger partial charge in [0.05, 0.1) is 5.69 Å². The van der Waals surface area contributed by atoms with Crippen molar-refractivity contribution in [2.24, 2.45) is 5.92 Å². The maximum atomic E-state index is 13.9. The van der Waals surface area contributed by atoms with E-state index >= 15 is 0 Å². The normalized spacial score (nSPS) is 16.7. The quantitative estimate of drug-likeness (QED) is 0.647. The molecule has 5 heteroatoms. The number of anilines is 2. The summed E-state index contributed by atoms with van der Waals surface area (Å²) in [4.78, 5) is 2.11. The van der Waals surface area contributed by atoms with Gasteiger partial charge < -0.3 is 20.1 Å². The van der Waals surface area contributed by atoms with E-state index in [1.165, 1.54) is 6.07 Å². The van der Waals surface area contributed by atoms with Crippen LogP contribution in [-0.4, -0.2) is 33.6 Å². The standard InChI is InChI=1S/C16H25FN2O2/c1-20-16(21-2)6-3-12-7-9-19(10-8-12)15-5-4-13(18)11-14(15)17/h4-5,11-12,16H,3,6-10,18H2,1-2H3. The van der Waals surface area contributed by atoms with Gasteiger partial charge >= 0.3 is 0 Å². The molecule has 1 heterocycles. The van der Waals surface area contributed by atoms with Crippen LogP contribution >= 0.6 is 0 Å². The molecule has 0 spiro atoms. The van der Waals surface area contributed by atoms with Crippen LogP contribution in [0.5, 0.6) is 0 Å². The SMILES string of the molecule is COC(CCC1CCN(c2ccc(N)cc2F)CC1)OC. The van der Waals surface area contributed by atoms with Crippen molar-refractivity contribution in [1.29, 1.82) is 0 Å². The Bertz CT molecular complexity index is 444. The molecule has 0 atom stereocenters. The lowest BCUT2D eigenvalue weighted by Crippen LogP contribution is -2.34. The molecular formula is C16H25FN2O2. The number of benzene rings is 1. The van der Waals surface area contributed by atoms with E-state index in [0.717, 1.165) is 38.8 Å². The third kappa shape index (κ3) is 4.32. The molecule has 0 saturated carbocycles. The Balaban J connectivity index is 1.83. The average molecular weight is 296 g/mol. The van der Waals surface area contributed by atoms with Crippen LogP contribution in [0.3, 0.4) is 0 Å². The summed E-state index contributed by atoms with van der Waals surface area (Å²) in [5.74, 6) is 0.429. The molecule has 4 nitrogen and oxygen atoms in total. The molecular weight excluding hydrogens is 271 g/mol. The number of nitrogen functional groups attached to an aromatic ring is 1. The molecule has 118 valence electrons. The van der Waals surface area contributed by atoms with Crippen molar-refractivity contribution in [3.63, 3.8) is 0 Å². The van der Waals surface area contributed by atoms with Crippen molar-refractivity contribution in [1.82, 2.24) is 0 Å². The van der Waals surface area contributed by atoms with Gasteiger partial charge in [0.15, 0.2) is 6.29 Å². The van der Waals surface area contributed by atoms with Crippen molar-refractivity contribution in [3.8, 4) is 0 Å². The lowest BCUT2D eigenvalue weighted by molar-refractivity contribution is -0.109. The molecule has 1 aliphatic heterocycles. The number of nitrogens with zero attached hydrogens (tertiary/aromatic N) is 1. The van der Waals surface area contributed by atoms with E-state index in [-0.39, 0.29) is 12.1 Å². The fraction of sp³-hybridized carbons (Fsp3) is 0.625. The minimum Gasteiger partial charge on any atom is -0.399 e. The summed E-state index contributed by atoms with van der Waals surface area (Å²) in [5, 5.41) is 0. The fourth-order valence-corrected chi connectivity index (χ4v) is 2.95. The van der Waals surface area contributed by atoms with Crippen LogP contribution in [0, 0.1) is 11.7 Å². The van der Waals surface area contributed by atoms with E-state index in [9.17, 15) is 4.39 Å². The van der Waals surface area contributed by atoms with E-state index in [2.05, 4.69) is 4.90 Å². The predicted molar refractivity (Wildman–Crippen MR) is 82.8 cm³/mol. The number of nitrogens with two attached hydrogens (primary N) is 1. The van der Waals surface area contributed by atoms with Gasteiger partial charge in [-0.15, -0.1) is 0 Å². The molecule has 1 aliphatic rings. The molecule has 1 fully saturated rings. The maximum Gasteiger partial charge on any atom is 0.156 e. The third-order valence-electron chi connectivity index (χ3n) is 4.26. The van der Waals surface area contributed by atoms with E-state index < -0.39 is 0 Å².